The van der Waals surface area contributed by atoms with E-state index < -0.39 is 0 Å². The highest BCUT2D eigenvalue weighted by molar-refractivity contribution is 5.97. The number of carbonyl (C=O) groups excluding carboxylic acids is 1. The molecule has 0 saturated heterocycles. The van der Waals surface area contributed by atoms with Gasteiger partial charge in [0.05, 0.1) is 5.56 Å². The molecule has 1 amide bonds. The molecule has 16 heavy (non-hydrogen) atoms. The molecule has 0 aliphatic heterocycles. The molecule has 4 heteroatoms. The second kappa shape index (κ2) is 4.88. The van der Waals surface area contributed by atoms with Crippen LogP contribution in [-0.4, -0.2) is 22.2 Å². The number of carbonyl (C=O) groups is 1. The van der Waals surface area contributed by atoms with Gasteiger partial charge in [-0.1, -0.05) is 13.8 Å². The van der Waals surface area contributed by atoms with Crippen molar-refractivity contribution < 1.29 is 15.0 Å². The maximum absolute atomic E-state index is 11.8. The summed E-state index contributed by atoms with van der Waals surface area (Å²) in [4.78, 5) is 11.8. The Morgan fingerprint density at radius 3 is 2.44 bits per heavy atom. The molecule has 0 aromatic heterocycles. The van der Waals surface area contributed by atoms with Crippen LogP contribution in [0, 0.1) is 5.92 Å². The number of amides is 1. The Hall–Kier alpha value is -1.71. The average Bonchev–Trinajstić information content (AvgIpc) is 2.21. The maximum atomic E-state index is 11.8. The summed E-state index contributed by atoms with van der Waals surface area (Å²) in [6.45, 7) is 5.88. The monoisotopic (exact) mass is 223 g/mol. The van der Waals surface area contributed by atoms with E-state index in [9.17, 15) is 15.0 Å². The molecule has 1 unspecified atom stereocenters. The van der Waals surface area contributed by atoms with E-state index in [2.05, 4.69) is 5.32 Å². The van der Waals surface area contributed by atoms with Crippen molar-refractivity contribution >= 4 is 5.91 Å². The summed E-state index contributed by atoms with van der Waals surface area (Å²) < 4.78 is 0. The van der Waals surface area contributed by atoms with Gasteiger partial charge in [-0.3, -0.25) is 4.79 Å². The summed E-state index contributed by atoms with van der Waals surface area (Å²) >= 11 is 0. The van der Waals surface area contributed by atoms with Crippen molar-refractivity contribution in [3.05, 3.63) is 23.8 Å². The normalized spacial score (nSPS) is 12.5. The molecule has 0 aliphatic carbocycles. The first-order valence-corrected chi connectivity index (χ1v) is 5.24. The van der Waals surface area contributed by atoms with Crippen LogP contribution < -0.4 is 5.32 Å². The minimum Gasteiger partial charge on any atom is -0.508 e. The van der Waals surface area contributed by atoms with Crippen LogP contribution in [0.4, 0.5) is 0 Å². The number of phenols is 2. The molecule has 1 aromatic rings. The van der Waals surface area contributed by atoms with Crippen LogP contribution >= 0.6 is 0 Å². The molecule has 0 aliphatic rings. The lowest BCUT2D eigenvalue weighted by atomic mass is 10.1. The zero-order valence-corrected chi connectivity index (χ0v) is 9.69. The molecule has 3 N–H and O–H groups in total. The van der Waals surface area contributed by atoms with Gasteiger partial charge in [-0.2, -0.15) is 0 Å². The fraction of sp³-hybridized carbons (Fsp3) is 0.417. The van der Waals surface area contributed by atoms with E-state index in [1.807, 2.05) is 20.8 Å². The number of benzene rings is 1. The predicted octanol–water partition coefficient (Wildman–Crippen LogP) is 1.87. The topological polar surface area (TPSA) is 69.6 Å². The maximum Gasteiger partial charge on any atom is 0.255 e. The minimum absolute atomic E-state index is 0.00856. The zero-order valence-electron chi connectivity index (χ0n) is 9.69. The van der Waals surface area contributed by atoms with Gasteiger partial charge in [-0.05, 0) is 31.0 Å². The Bertz CT molecular complexity index is 388. The van der Waals surface area contributed by atoms with Gasteiger partial charge in [0, 0.05) is 6.04 Å². The summed E-state index contributed by atoms with van der Waals surface area (Å²) in [6.07, 6.45) is 0. The van der Waals surface area contributed by atoms with Crippen molar-refractivity contribution in [2.45, 2.75) is 26.8 Å². The van der Waals surface area contributed by atoms with E-state index in [0.29, 0.717) is 5.92 Å². The molecule has 0 heterocycles. The minimum atomic E-state index is -0.380. The van der Waals surface area contributed by atoms with E-state index in [0.717, 1.165) is 0 Å². The smallest absolute Gasteiger partial charge is 0.255 e. The van der Waals surface area contributed by atoms with Gasteiger partial charge in [0.15, 0.2) is 0 Å². The fourth-order valence-corrected chi connectivity index (χ4v) is 1.16. The Kier molecular flexibility index (Phi) is 3.77. The first-order chi connectivity index (χ1) is 7.41. The molecular weight excluding hydrogens is 206 g/mol. The Labute approximate surface area is 94.9 Å². The number of rotatable bonds is 3. The van der Waals surface area contributed by atoms with Crippen molar-refractivity contribution in [3.8, 4) is 11.5 Å². The molecule has 0 fully saturated rings. The predicted molar refractivity (Wildman–Crippen MR) is 61.5 cm³/mol. The molecule has 1 rings (SSSR count). The summed E-state index contributed by atoms with van der Waals surface area (Å²) in [5, 5.41) is 21.5. The van der Waals surface area contributed by atoms with Crippen LogP contribution in [0.1, 0.15) is 31.1 Å². The third-order valence-corrected chi connectivity index (χ3v) is 2.58. The zero-order chi connectivity index (χ0) is 12.3. The van der Waals surface area contributed by atoms with E-state index in [1.165, 1.54) is 18.2 Å². The van der Waals surface area contributed by atoms with Crippen LogP contribution in [0.3, 0.4) is 0 Å². The van der Waals surface area contributed by atoms with Crippen molar-refractivity contribution in [2.75, 3.05) is 0 Å². The van der Waals surface area contributed by atoms with Gasteiger partial charge in [0.25, 0.3) is 5.91 Å². The van der Waals surface area contributed by atoms with Gasteiger partial charge in [-0.25, -0.2) is 0 Å². The largest absolute Gasteiger partial charge is 0.508 e. The van der Waals surface area contributed by atoms with E-state index >= 15 is 0 Å². The van der Waals surface area contributed by atoms with E-state index in [4.69, 9.17) is 0 Å². The number of phenolic OH excluding ortho intramolecular Hbond substituents is 2. The highest BCUT2D eigenvalue weighted by atomic mass is 16.3. The summed E-state index contributed by atoms with van der Waals surface area (Å²) in [7, 11) is 0. The van der Waals surface area contributed by atoms with Gasteiger partial charge in [0.2, 0.25) is 0 Å². The SMILES string of the molecule is CC(C)C(C)NC(=O)c1cc(O)ccc1O. The van der Waals surface area contributed by atoms with Crippen molar-refractivity contribution in [1.82, 2.24) is 5.32 Å². The summed E-state index contributed by atoms with van der Waals surface area (Å²) in [5.41, 5.74) is 0.0903. The van der Waals surface area contributed by atoms with Gasteiger partial charge >= 0.3 is 0 Å². The third-order valence-electron chi connectivity index (χ3n) is 2.58. The molecule has 1 aromatic carbocycles. The standard InChI is InChI=1S/C12H17NO3/c1-7(2)8(3)13-12(16)10-6-9(14)4-5-11(10)15/h4-8,14-15H,1-3H3,(H,13,16). The molecule has 0 spiro atoms. The molecule has 4 nitrogen and oxygen atoms in total. The lowest BCUT2D eigenvalue weighted by molar-refractivity contribution is 0.0927. The van der Waals surface area contributed by atoms with Crippen molar-refractivity contribution in [1.29, 1.82) is 0 Å². The molecular formula is C12H17NO3. The van der Waals surface area contributed by atoms with Crippen molar-refractivity contribution in [2.24, 2.45) is 5.92 Å². The highest BCUT2D eigenvalue weighted by Gasteiger charge is 2.15. The van der Waals surface area contributed by atoms with Gasteiger partial charge in [0.1, 0.15) is 11.5 Å². The van der Waals surface area contributed by atoms with E-state index in [-0.39, 0.29) is 29.0 Å². The van der Waals surface area contributed by atoms with Gasteiger partial charge in [-0.15, -0.1) is 0 Å². The molecule has 0 saturated carbocycles. The lowest BCUT2D eigenvalue weighted by Gasteiger charge is -2.17. The molecule has 1 atom stereocenters. The van der Waals surface area contributed by atoms with Crippen LogP contribution in [0.25, 0.3) is 0 Å². The summed E-state index contributed by atoms with van der Waals surface area (Å²) in [6, 6.07) is 3.88. The molecule has 0 bridgehead atoms. The Morgan fingerprint density at radius 2 is 1.88 bits per heavy atom. The number of hydrogen-bond donors (Lipinski definition) is 3. The van der Waals surface area contributed by atoms with Gasteiger partial charge < -0.3 is 15.5 Å². The first-order valence-electron chi connectivity index (χ1n) is 5.24. The number of hydrogen-bond acceptors (Lipinski definition) is 3. The number of aromatic hydroxyl groups is 2. The second-order valence-electron chi connectivity index (χ2n) is 4.21. The Morgan fingerprint density at radius 1 is 1.25 bits per heavy atom. The van der Waals surface area contributed by atoms with Crippen LogP contribution in [0.5, 0.6) is 11.5 Å². The van der Waals surface area contributed by atoms with Crippen molar-refractivity contribution in [3.63, 3.8) is 0 Å². The van der Waals surface area contributed by atoms with Crippen LogP contribution in [0.15, 0.2) is 18.2 Å². The second-order valence-corrected chi connectivity index (χ2v) is 4.21. The Balaban J connectivity index is 2.84. The molecule has 88 valence electrons. The highest BCUT2D eigenvalue weighted by Crippen LogP contribution is 2.22. The quantitative estimate of drug-likeness (QED) is 0.685. The summed E-state index contributed by atoms with van der Waals surface area (Å²) in [5.74, 6) is -0.246. The fourth-order valence-electron chi connectivity index (χ4n) is 1.16. The number of nitrogens with one attached hydrogen (secondary N) is 1. The molecule has 0 radical (unpaired) electrons. The van der Waals surface area contributed by atoms with E-state index in [1.54, 1.807) is 0 Å². The first kappa shape index (κ1) is 12.4. The van der Waals surface area contributed by atoms with Crippen LogP contribution in [0.2, 0.25) is 0 Å². The average molecular weight is 223 g/mol. The lowest BCUT2D eigenvalue weighted by Crippen LogP contribution is -2.36. The van der Waals surface area contributed by atoms with Crippen LogP contribution in [-0.2, 0) is 0 Å². The third kappa shape index (κ3) is 2.89.